The number of phenols is 1. The van der Waals surface area contributed by atoms with Gasteiger partial charge in [0.05, 0.1) is 6.33 Å². The van der Waals surface area contributed by atoms with E-state index in [1.165, 1.54) is 0 Å². The number of aromatic nitrogens is 2. The summed E-state index contributed by atoms with van der Waals surface area (Å²) in [6.07, 6.45) is 3.80. The zero-order chi connectivity index (χ0) is 16.9. The topological polar surface area (TPSA) is 76.4 Å². The number of ether oxygens (including phenoxy) is 1. The summed E-state index contributed by atoms with van der Waals surface area (Å²) in [5, 5.41) is 12.1. The first-order valence-corrected chi connectivity index (χ1v) is 7.57. The quantitative estimate of drug-likeness (QED) is 0.889. The first-order chi connectivity index (χ1) is 10.8. The van der Waals surface area contributed by atoms with Gasteiger partial charge in [-0.15, -0.1) is 0 Å². The Balaban J connectivity index is 1.86. The van der Waals surface area contributed by atoms with Crippen LogP contribution in [0.15, 0.2) is 36.8 Å². The Bertz CT molecular complexity index is 642. The smallest absolute Gasteiger partial charge is 0.407 e. The molecule has 23 heavy (non-hydrogen) atoms. The first kappa shape index (κ1) is 16.9. The second-order valence-electron chi connectivity index (χ2n) is 6.36. The molecular weight excluding hydrogens is 294 g/mol. The van der Waals surface area contributed by atoms with Gasteiger partial charge < -0.3 is 19.7 Å². The number of nitrogens with zero attached hydrogens (tertiary/aromatic N) is 2. The second-order valence-corrected chi connectivity index (χ2v) is 6.36. The van der Waals surface area contributed by atoms with E-state index in [4.69, 9.17) is 4.74 Å². The van der Waals surface area contributed by atoms with Crippen LogP contribution in [0.5, 0.6) is 5.75 Å². The number of carbonyl (C=O) groups is 1. The molecule has 1 aromatic carbocycles. The van der Waals surface area contributed by atoms with E-state index in [1.54, 1.807) is 24.7 Å². The van der Waals surface area contributed by atoms with Crippen LogP contribution < -0.4 is 5.32 Å². The standard InChI is InChI=1S/C17H23N3O3/c1-17(2,3)23-16(22)19-9-8-14-10-18-12-20(14)11-13-4-6-15(21)7-5-13/h4-7,10,12,21H,8-9,11H2,1-3H3,(H,19,22). The van der Waals surface area contributed by atoms with Gasteiger partial charge in [0.2, 0.25) is 0 Å². The molecule has 2 aromatic rings. The molecule has 1 amide bonds. The van der Waals surface area contributed by atoms with Crippen molar-refractivity contribution in [2.24, 2.45) is 0 Å². The third-order valence-electron chi connectivity index (χ3n) is 3.14. The Morgan fingerprint density at radius 3 is 2.65 bits per heavy atom. The minimum atomic E-state index is -0.495. The minimum absolute atomic E-state index is 0.251. The van der Waals surface area contributed by atoms with Crippen LogP contribution in [0.2, 0.25) is 0 Å². The molecule has 1 aromatic heterocycles. The van der Waals surface area contributed by atoms with Crippen molar-refractivity contribution in [3.63, 3.8) is 0 Å². The largest absolute Gasteiger partial charge is 0.508 e. The predicted molar refractivity (Wildman–Crippen MR) is 87.4 cm³/mol. The van der Waals surface area contributed by atoms with E-state index in [-0.39, 0.29) is 5.75 Å². The first-order valence-electron chi connectivity index (χ1n) is 7.57. The van der Waals surface area contributed by atoms with Crippen molar-refractivity contribution in [2.75, 3.05) is 6.54 Å². The van der Waals surface area contributed by atoms with Crippen LogP contribution in [0.25, 0.3) is 0 Å². The number of phenolic OH excluding ortho intramolecular Hbond substituents is 1. The lowest BCUT2D eigenvalue weighted by atomic mass is 10.2. The summed E-state index contributed by atoms with van der Waals surface area (Å²) >= 11 is 0. The number of alkyl carbamates (subject to hydrolysis) is 1. The van der Waals surface area contributed by atoms with Gasteiger partial charge in [-0.1, -0.05) is 12.1 Å². The molecule has 1 heterocycles. The van der Waals surface area contributed by atoms with Gasteiger partial charge in [0.1, 0.15) is 11.4 Å². The molecule has 2 N–H and O–H groups in total. The third-order valence-corrected chi connectivity index (χ3v) is 3.14. The molecule has 0 unspecified atom stereocenters. The van der Waals surface area contributed by atoms with E-state index in [0.29, 0.717) is 19.5 Å². The number of carbonyl (C=O) groups excluding carboxylic acids is 1. The molecule has 0 aliphatic heterocycles. The number of aromatic hydroxyl groups is 1. The summed E-state index contributed by atoms with van der Waals surface area (Å²) in [5.74, 6) is 0.251. The maximum Gasteiger partial charge on any atom is 0.407 e. The van der Waals surface area contributed by atoms with Crippen molar-refractivity contribution in [3.8, 4) is 5.75 Å². The Labute approximate surface area is 136 Å². The Morgan fingerprint density at radius 1 is 1.30 bits per heavy atom. The van der Waals surface area contributed by atoms with E-state index in [9.17, 15) is 9.90 Å². The lowest BCUT2D eigenvalue weighted by Gasteiger charge is -2.19. The normalized spacial score (nSPS) is 11.3. The fourth-order valence-corrected chi connectivity index (χ4v) is 2.10. The number of rotatable bonds is 5. The van der Waals surface area contributed by atoms with Crippen LogP contribution in [0.4, 0.5) is 4.79 Å². The fraction of sp³-hybridized carbons (Fsp3) is 0.412. The van der Waals surface area contributed by atoms with Crippen molar-refractivity contribution in [2.45, 2.75) is 39.3 Å². The molecule has 6 nitrogen and oxygen atoms in total. The van der Waals surface area contributed by atoms with Gasteiger partial charge in [-0.25, -0.2) is 9.78 Å². The molecule has 0 aliphatic rings. The summed E-state index contributed by atoms with van der Waals surface area (Å²) in [4.78, 5) is 15.8. The predicted octanol–water partition coefficient (Wildman–Crippen LogP) is 2.70. The second kappa shape index (κ2) is 7.17. The highest BCUT2D eigenvalue weighted by molar-refractivity contribution is 5.67. The third kappa shape index (κ3) is 5.65. The number of benzene rings is 1. The van der Waals surface area contributed by atoms with Gasteiger partial charge in [-0.05, 0) is 38.5 Å². The fourth-order valence-electron chi connectivity index (χ4n) is 2.10. The zero-order valence-electron chi connectivity index (χ0n) is 13.7. The molecule has 6 heteroatoms. The van der Waals surface area contributed by atoms with Gasteiger partial charge in [-0.2, -0.15) is 0 Å². The number of imidazole rings is 1. The molecule has 2 rings (SSSR count). The average Bonchev–Trinajstić information content (AvgIpc) is 2.87. The highest BCUT2D eigenvalue weighted by atomic mass is 16.6. The molecule has 0 saturated carbocycles. The SMILES string of the molecule is CC(C)(C)OC(=O)NCCc1cncn1Cc1ccc(O)cc1. The van der Waals surface area contributed by atoms with E-state index >= 15 is 0 Å². The molecule has 0 radical (unpaired) electrons. The lowest BCUT2D eigenvalue weighted by Crippen LogP contribution is -2.33. The molecule has 0 fully saturated rings. The van der Waals surface area contributed by atoms with Crippen molar-refractivity contribution in [1.82, 2.24) is 14.9 Å². The van der Waals surface area contributed by atoms with E-state index in [0.717, 1.165) is 11.3 Å². The van der Waals surface area contributed by atoms with Crippen LogP contribution in [-0.2, 0) is 17.7 Å². The highest BCUT2D eigenvalue weighted by Gasteiger charge is 2.15. The Kier molecular flexibility index (Phi) is 5.26. The number of nitrogens with one attached hydrogen (secondary N) is 1. The van der Waals surface area contributed by atoms with Crippen LogP contribution in [-0.4, -0.2) is 32.9 Å². The van der Waals surface area contributed by atoms with Crippen LogP contribution in [0.3, 0.4) is 0 Å². The number of amides is 1. The van der Waals surface area contributed by atoms with E-state index in [2.05, 4.69) is 10.3 Å². The maximum atomic E-state index is 11.6. The van der Waals surface area contributed by atoms with Gasteiger partial charge in [0.15, 0.2) is 0 Å². The average molecular weight is 317 g/mol. The van der Waals surface area contributed by atoms with E-state index < -0.39 is 11.7 Å². The zero-order valence-corrected chi connectivity index (χ0v) is 13.7. The molecule has 0 bridgehead atoms. The van der Waals surface area contributed by atoms with Crippen LogP contribution >= 0.6 is 0 Å². The highest BCUT2D eigenvalue weighted by Crippen LogP contribution is 2.12. The van der Waals surface area contributed by atoms with Gasteiger partial charge in [0.25, 0.3) is 0 Å². The molecular formula is C17H23N3O3. The van der Waals surface area contributed by atoms with Gasteiger partial charge in [-0.3, -0.25) is 0 Å². The summed E-state index contributed by atoms with van der Waals surface area (Å²) in [5.41, 5.74) is 1.60. The van der Waals surface area contributed by atoms with Crippen molar-refractivity contribution in [1.29, 1.82) is 0 Å². The number of hydrogen-bond donors (Lipinski definition) is 2. The maximum absolute atomic E-state index is 11.6. The van der Waals surface area contributed by atoms with Crippen molar-refractivity contribution in [3.05, 3.63) is 48.0 Å². The summed E-state index contributed by atoms with van der Waals surface area (Å²) in [6, 6.07) is 7.07. The lowest BCUT2D eigenvalue weighted by molar-refractivity contribution is 0.0528. The van der Waals surface area contributed by atoms with Gasteiger partial charge in [0, 0.05) is 31.4 Å². The van der Waals surface area contributed by atoms with E-state index in [1.807, 2.05) is 37.5 Å². The number of hydrogen-bond acceptors (Lipinski definition) is 4. The van der Waals surface area contributed by atoms with Gasteiger partial charge >= 0.3 is 6.09 Å². The molecule has 0 aliphatic carbocycles. The summed E-state index contributed by atoms with van der Waals surface area (Å²) in [6.45, 7) is 6.65. The minimum Gasteiger partial charge on any atom is -0.508 e. The molecule has 124 valence electrons. The Hall–Kier alpha value is -2.50. The van der Waals surface area contributed by atoms with Crippen molar-refractivity contribution >= 4 is 6.09 Å². The Morgan fingerprint density at radius 2 is 2.00 bits per heavy atom. The monoisotopic (exact) mass is 317 g/mol. The molecule has 0 saturated heterocycles. The van der Waals surface area contributed by atoms with Crippen molar-refractivity contribution < 1.29 is 14.6 Å². The molecule has 0 spiro atoms. The summed E-state index contributed by atoms with van der Waals surface area (Å²) < 4.78 is 7.22. The molecule has 0 atom stereocenters. The van der Waals surface area contributed by atoms with Crippen LogP contribution in [0, 0.1) is 0 Å². The van der Waals surface area contributed by atoms with Crippen LogP contribution in [0.1, 0.15) is 32.0 Å². The summed E-state index contributed by atoms with van der Waals surface area (Å²) in [7, 11) is 0.